The molecule has 2 fully saturated rings. The van der Waals surface area contributed by atoms with E-state index in [0.29, 0.717) is 19.7 Å². The standard InChI is InChI=1S/C14H20N2O3S2/c1-11-4-3-5-12(15-11)7-19-13-6-14(20-8-13)9-16(10-14)21(2,17)18/h3-5,13H,6-10H2,1-2H3/t13-/m1/s1. The first-order valence-corrected chi connectivity index (χ1v) is 9.83. The van der Waals surface area contributed by atoms with E-state index in [1.165, 1.54) is 6.26 Å². The first-order chi connectivity index (χ1) is 9.86. The largest absolute Gasteiger partial charge is 0.371 e. The molecule has 2 aliphatic heterocycles. The topological polar surface area (TPSA) is 59.5 Å². The van der Waals surface area contributed by atoms with Gasteiger partial charge < -0.3 is 4.74 Å². The van der Waals surface area contributed by atoms with Gasteiger partial charge in [-0.2, -0.15) is 4.31 Å². The molecule has 7 heteroatoms. The predicted octanol–water partition coefficient (Wildman–Crippen LogP) is 1.43. The molecular formula is C14H20N2O3S2. The Labute approximate surface area is 130 Å². The number of aryl methyl sites for hydroxylation is 1. The first-order valence-electron chi connectivity index (χ1n) is 7.00. The van der Waals surface area contributed by atoms with E-state index < -0.39 is 10.0 Å². The number of hydrogen-bond acceptors (Lipinski definition) is 5. The average molecular weight is 328 g/mol. The highest BCUT2D eigenvalue weighted by atomic mass is 32.2. The van der Waals surface area contributed by atoms with Gasteiger partial charge in [0.05, 0.1) is 24.7 Å². The molecule has 1 atom stereocenters. The Bertz CT molecular complexity index is 627. The molecule has 3 rings (SSSR count). The minimum atomic E-state index is -3.04. The number of hydrogen-bond donors (Lipinski definition) is 0. The zero-order valence-electron chi connectivity index (χ0n) is 12.3. The van der Waals surface area contributed by atoms with Crippen LogP contribution in [0.5, 0.6) is 0 Å². The number of sulfonamides is 1. The molecule has 2 saturated heterocycles. The van der Waals surface area contributed by atoms with Crippen LogP contribution >= 0.6 is 11.8 Å². The van der Waals surface area contributed by atoms with Crippen LogP contribution in [0.15, 0.2) is 18.2 Å². The SMILES string of the molecule is Cc1cccc(CO[C@H]2CSC3(C2)CN(S(C)(=O)=O)C3)n1. The zero-order valence-corrected chi connectivity index (χ0v) is 13.9. The predicted molar refractivity (Wildman–Crippen MR) is 83.8 cm³/mol. The van der Waals surface area contributed by atoms with Crippen LogP contribution in [-0.4, -0.2) is 53.7 Å². The highest BCUT2D eigenvalue weighted by Crippen LogP contribution is 2.46. The Morgan fingerprint density at radius 1 is 1.48 bits per heavy atom. The van der Waals surface area contributed by atoms with Crippen LogP contribution in [0.4, 0.5) is 0 Å². The fourth-order valence-corrected chi connectivity index (χ4v) is 5.52. The number of ether oxygens (including phenoxy) is 1. The van der Waals surface area contributed by atoms with Crippen molar-refractivity contribution in [2.24, 2.45) is 0 Å². The summed E-state index contributed by atoms with van der Waals surface area (Å²) in [6.45, 7) is 3.74. The fraction of sp³-hybridized carbons (Fsp3) is 0.643. The van der Waals surface area contributed by atoms with Gasteiger partial charge in [0.1, 0.15) is 0 Å². The van der Waals surface area contributed by atoms with Gasteiger partial charge in [0.2, 0.25) is 10.0 Å². The maximum Gasteiger partial charge on any atom is 0.211 e. The van der Waals surface area contributed by atoms with Crippen molar-refractivity contribution < 1.29 is 13.2 Å². The lowest BCUT2D eigenvalue weighted by atomic mass is 9.95. The number of rotatable bonds is 4. The summed E-state index contributed by atoms with van der Waals surface area (Å²) in [4.78, 5) is 4.43. The minimum Gasteiger partial charge on any atom is -0.371 e. The van der Waals surface area contributed by atoms with E-state index in [4.69, 9.17) is 4.74 Å². The Balaban J connectivity index is 1.50. The molecule has 1 aromatic heterocycles. The second-order valence-electron chi connectivity index (χ2n) is 5.93. The summed E-state index contributed by atoms with van der Waals surface area (Å²) < 4.78 is 30.5. The molecule has 21 heavy (non-hydrogen) atoms. The summed E-state index contributed by atoms with van der Waals surface area (Å²) in [5.74, 6) is 0.934. The summed E-state index contributed by atoms with van der Waals surface area (Å²) >= 11 is 1.85. The summed E-state index contributed by atoms with van der Waals surface area (Å²) in [7, 11) is -3.04. The molecule has 116 valence electrons. The fourth-order valence-electron chi connectivity index (χ4n) is 2.84. The van der Waals surface area contributed by atoms with Gasteiger partial charge in [-0.1, -0.05) is 6.07 Å². The van der Waals surface area contributed by atoms with Gasteiger partial charge in [0.15, 0.2) is 0 Å². The van der Waals surface area contributed by atoms with Gasteiger partial charge in [0, 0.05) is 29.3 Å². The lowest BCUT2D eigenvalue weighted by molar-refractivity contribution is 0.0380. The summed E-state index contributed by atoms with van der Waals surface area (Å²) in [5, 5.41) is 0. The second kappa shape index (κ2) is 5.53. The maximum absolute atomic E-state index is 11.5. The monoisotopic (exact) mass is 328 g/mol. The Morgan fingerprint density at radius 3 is 2.90 bits per heavy atom. The van der Waals surface area contributed by atoms with Gasteiger partial charge in [-0.25, -0.2) is 8.42 Å². The van der Waals surface area contributed by atoms with Crippen molar-refractivity contribution >= 4 is 21.8 Å². The van der Waals surface area contributed by atoms with Gasteiger partial charge in [0.25, 0.3) is 0 Å². The lowest BCUT2D eigenvalue weighted by Gasteiger charge is -2.45. The highest BCUT2D eigenvalue weighted by Gasteiger charge is 2.52. The molecule has 0 amide bonds. The van der Waals surface area contributed by atoms with Crippen LogP contribution in [0.25, 0.3) is 0 Å². The Morgan fingerprint density at radius 2 is 2.24 bits per heavy atom. The molecule has 5 nitrogen and oxygen atoms in total. The third-order valence-corrected chi connectivity index (χ3v) is 6.76. The molecule has 0 aromatic carbocycles. The van der Waals surface area contributed by atoms with Gasteiger partial charge in [-0.15, -0.1) is 11.8 Å². The third kappa shape index (κ3) is 3.41. The highest BCUT2D eigenvalue weighted by molar-refractivity contribution is 8.01. The zero-order chi connectivity index (χ0) is 15.1. The normalized spacial score (nSPS) is 25.1. The Kier molecular flexibility index (Phi) is 4.02. The van der Waals surface area contributed by atoms with E-state index >= 15 is 0 Å². The molecular weight excluding hydrogens is 308 g/mol. The second-order valence-corrected chi connectivity index (χ2v) is 9.40. The van der Waals surface area contributed by atoms with Crippen molar-refractivity contribution in [1.82, 2.24) is 9.29 Å². The molecule has 0 saturated carbocycles. The van der Waals surface area contributed by atoms with E-state index in [0.717, 1.165) is 23.6 Å². The van der Waals surface area contributed by atoms with Crippen molar-refractivity contribution in [1.29, 1.82) is 0 Å². The maximum atomic E-state index is 11.5. The van der Waals surface area contributed by atoms with Crippen molar-refractivity contribution in [3.8, 4) is 0 Å². The molecule has 1 spiro atoms. The molecule has 0 unspecified atom stereocenters. The smallest absolute Gasteiger partial charge is 0.211 e. The van der Waals surface area contributed by atoms with Crippen LogP contribution < -0.4 is 0 Å². The molecule has 0 bridgehead atoms. The van der Waals surface area contributed by atoms with Crippen LogP contribution in [0.1, 0.15) is 17.8 Å². The minimum absolute atomic E-state index is 0.0772. The average Bonchev–Trinajstić information content (AvgIpc) is 2.78. The summed E-state index contributed by atoms with van der Waals surface area (Å²) in [6.07, 6.45) is 2.39. The molecule has 0 N–H and O–H groups in total. The first kappa shape index (κ1) is 15.3. The van der Waals surface area contributed by atoms with Crippen molar-refractivity contribution in [3.63, 3.8) is 0 Å². The van der Waals surface area contributed by atoms with Gasteiger partial charge in [-0.3, -0.25) is 4.98 Å². The number of pyridine rings is 1. The summed E-state index contributed by atoms with van der Waals surface area (Å²) in [6, 6.07) is 5.93. The van der Waals surface area contributed by atoms with E-state index in [-0.39, 0.29) is 10.9 Å². The van der Waals surface area contributed by atoms with Gasteiger partial charge >= 0.3 is 0 Å². The Hall–Kier alpha value is -0.630. The van der Waals surface area contributed by atoms with Crippen LogP contribution in [0.3, 0.4) is 0 Å². The van der Waals surface area contributed by atoms with Crippen LogP contribution in [0.2, 0.25) is 0 Å². The molecule has 3 heterocycles. The molecule has 0 radical (unpaired) electrons. The van der Waals surface area contributed by atoms with Crippen molar-refractivity contribution in [3.05, 3.63) is 29.6 Å². The van der Waals surface area contributed by atoms with E-state index in [1.807, 2.05) is 36.9 Å². The third-order valence-electron chi connectivity index (χ3n) is 3.99. The quantitative estimate of drug-likeness (QED) is 0.837. The van der Waals surface area contributed by atoms with E-state index in [2.05, 4.69) is 4.98 Å². The number of thioether (sulfide) groups is 1. The van der Waals surface area contributed by atoms with Crippen LogP contribution in [-0.2, 0) is 21.4 Å². The summed E-state index contributed by atoms with van der Waals surface area (Å²) in [5.41, 5.74) is 1.95. The molecule has 2 aliphatic rings. The number of aromatic nitrogens is 1. The van der Waals surface area contributed by atoms with Crippen LogP contribution in [0, 0.1) is 6.92 Å². The van der Waals surface area contributed by atoms with E-state index in [1.54, 1.807) is 4.31 Å². The van der Waals surface area contributed by atoms with Gasteiger partial charge in [-0.05, 0) is 25.5 Å². The molecule has 0 aliphatic carbocycles. The van der Waals surface area contributed by atoms with Crippen molar-refractivity contribution in [2.45, 2.75) is 30.8 Å². The molecule has 1 aromatic rings. The van der Waals surface area contributed by atoms with Crippen molar-refractivity contribution in [2.75, 3.05) is 25.1 Å². The van der Waals surface area contributed by atoms with E-state index in [9.17, 15) is 8.42 Å². The lowest BCUT2D eigenvalue weighted by Crippen LogP contribution is -2.60. The number of nitrogens with zero attached hydrogens (tertiary/aromatic N) is 2.